The number of nitrogens with two attached hydrogens (primary N) is 1. The molecule has 0 radical (unpaired) electrons. The number of rotatable bonds is 5. The van der Waals surface area contributed by atoms with Gasteiger partial charge in [0.25, 0.3) is 0 Å². The second-order valence-corrected chi connectivity index (χ2v) is 8.11. The first-order chi connectivity index (χ1) is 15.1. The molecule has 1 aliphatic rings. The van der Waals surface area contributed by atoms with Crippen LogP contribution < -0.4 is 16.4 Å². The van der Waals surface area contributed by atoms with Gasteiger partial charge in [-0.1, -0.05) is 11.6 Å². The van der Waals surface area contributed by atoms with E-state index in [0.717, 1.165) is 48.4 Å². The Morgan fingerprint density at radius 2 is 1.65 bits per heavy atom. The normalized spacial score (nSPS) is 18.8. The third-order valence-electron chi connectivity index (χ3n) is 5.40. The van der Waals surface area contributed by atoms with Crippen LogP contribution in [0.4, 0.5) is 17.6 Å². The molecule has 4 aromatic heterocycles. The zero-order valence-corrected chi connectivity index (χ0v) is 17.5. The second-order valence-electron chi connectivity index (χ2n) is 7.67. The maximum Gasteiger partial charge on any atom is 0.228 e. The Labute approximate surface area is 184 Å². The van der Waals surface area contributed by atoms with Crippen molar-refractivity contribution < 1.29 is 0 Å². The third-order valence-corrected chi connectivity index (χ3v) is 5.62. The van der Waals surface area contributed by atoms with Crippen LogP contribution in [0.2, 0.25) is 5.02 Å². The fourth-order valence-corrected chi connectivity index (χ4v) is 3.82. The quantitative estimate of drug-likeness (QED) is 0.434. The summed E-state index contributed by atoms with van der Waals surface area (Å²) in [4.78, 5) is 17.4. The van der Waals surface area contributed by atoms with E-state index < -0.39 is 0 Å². The Hall–Kier alpha value is -3.30. The first-order valence-electron chi connectivity index (χ1n) is 10.2. The Balaban J connectivity index is 1.35. The number of hydrogen-bond donors (Lipinski definition) is 3. The molecular weight excluding hydrogens is 414 g/mol. The predicted octanol–water partition coefficient (Wildman–Crippen LogP) is 3.66. The van der Waals surface area contributed by atoms with Crippen molar-refractivity contribution in [1.82, 2.24) is 29.5 Å². The molecule has 4 aromatic rings. The van der Waals surface area contributed by atoms with Gasteiger partial charge >= 0.3 is 0 Å². The first-order valence-corrected chi connectivity index (χ1v) is 10.6. The van der Waals surface area contributed by atoms with Gasteiger partial charge in [0.15, 0.2) is 5.65 Å². The minimum absolute atomic E-state index is 0.321. The Morgan fingerprint density at radius 3 is 2.39 bits per heavy atom. The van der Waals surface area contributed by atoms with Crippen LogP contribution in [0.25, 0.3) is 16.9 Å². The van der Waals surface area contributed by atoms with Gasteiger partial charge in [-0.3, -0.25) is 0 Å². The molecule has 1 fully saturated rings. The van der Waals surface area contributed by atoms with E-state index in [4.69, 9.17) is 22.4 Å². The molecule has 9 nitrogen and oxygen atoms in total. The van der Waals surface area contributed by atoms with E-state index in [0.29, 0.717) is 28.9 Å². The fourth-order valence-electron chi connectivity index (χ4n) is 3.71. The molecule has 10 heteroatoms. The minimum atomic E-state index is 0.321. The van der Waals surface area contributed by atoms with Gasteiger partial charge in [0, 0.05) is 36.2 Å². The lowest BCUT2D eigenvalue weighted by molar-refractivity contribution is 0.410. The Morgan fingerprint density at radius 1 is 0.871 bits per heavy atom. The highest BCUT2D eigenvalue weighted by molar-refractivity contribution is 6.30. The lowest BCUT2D eigenvalue weighted by Crippen LogP contribution is -2.33. The van der Waals surface area contributed by atoms with Crippen LogP contribution in [0.3, 0.4) is 0 Å². The molecule has 0 amide bonds. The van der Waals surface area contributed by atoms with Crippen molar-refractivity contribution in [3.05, 3.63) is 54.1 Å². The molecule has 0 saturated heterocycles. The monoisotopic (exact) mass is 435 g/mol. The van der Waals surface area contributed by atoms with E-state index in [-0.39, 0.29) is 0 Å². The molecule has 4 heterocycles. The topological polar surface area (TPSA) is 119 Å². The van der Waals surface area contributed by atoms with Crippen LogP contribution in [0.15, 0.2) is 49.1 Å². The number of nitrogens with zero attached hydrogens (tertiary/aromatic N) is 6. The van der Waals surface area contributed by atoms with E-state index in [2.05, 4.69) is 30.6 Å². The number of hydrogen-bond acceptors (Lipinski definition) is 8. The van der Waals surface area contributed by atoms with E-state index in [1.807, 2.05) is 16.6 Å². The molecule has 0 bridgehead atoms. The summed E-state index contributed by atoms with van der Waals surface area (Å²) in [6.07, 6.45) is 11.0. The van der Waals surface area contributed by atoms with Crippen LogP contribution in [-0.4, -0.2) is 41.6 Å². The van der Waals surface area contributed by atoms with Crippen molar-refractivity contribution in [3.63, 3.8) is 0 Å². The van der Waals surface area contributed by atoms with Crippen molar-refractivity contribution >= 4 is 34.8 Å². The van der Waals surface area contributed by atoms with E-state index in [9.17, 15) is 0 Å². The summed E-state index contributed by atoms with van der Waals surface area (Å²) in [5, 5.41) is 11.9. The van der Waals surface area contributed by atoms with Gasteiger partial charge in [-0.2, -0.15) is 0 Å². The largest absolute Gasteiger partial charge is 0.366 e. The summed E-state index contributed by atoms with van der Waals surface area (Å²) >= 11 is 5.87. The zero-order chi connectivity index (χ0) is 21.2. The standard InChI is InChI=1S/C21H22ClN9/c22-14-1-6-18(24-11-14)29-21-26-9-13(10-27-21)17-12-25-20-8-7-19(30-31(17)20)28-16-4-2-15(23)3-5-16/h1,6-12,15-16H,2-5,23H2,(H,28,30)(H,24,26,27,29)/t15-,16-. The number of anilines is 3. The lowest BCUT2D eigenvalue weighted by atomic mass is 9.92. The molecule has 0 unspecified atom stereocenters. The van der Waals surface area contributed by atoms with Gasteiger partial charge in [0.05, 0.1) is 16.9 Å². The zero-order valence-electron chi connectivity index (χ0n) is 16.7. The number of aromatic nitrogens is 6. The maximum absolute atomic E-state index is 6.01. The van der Waals surface area contributed by atoms with Crippen molar-refractivity contribution in [1.29, 1.82) is 0 Å². The minimum Gasteiger partial charge on any atom is -0.366 e. The summed E-state index contributed by atoms with van der Waals surface area (Å²) in [5.41, 5.74) is 8.41. The highest BCUT2D eigenvalue weighted by Crippen LogP contribution is 2.23. The average molecular weight is 436 g/mol. The van der Waals surface area contributed by atoms with Gasteiger partial charge in [-0.15, -0.1) is 5.10 Å². The molecule has 1 aliphatic carbocycles. The number of nitrogens with one attached hydrogen (secondary N) is 2. The number of pyridine rings is 1. The summed E-state index contributed by atoms with van der Waals surface area (Å²) in [7, 11) is 0. The number of halogens is 1. The SMILES string of the molecule is N[C@H]1CC[C@H](Nc2ccc3ncc(-c4cnc(Nc5ccc(Cl)cn5)nc4)n3n2)CC1. The first kappa shape index (κ1) is 19.7. The predicted molar refractivity (Wildman–Crippen MR) is 120 cm³/mol. The smallest absolute Gasteiger partial charge is 0.228 e. The summed E-state index contributed by atoms with van der Waals surface area (Å²) in [6.45, 7) is 0. The van der Waals surface area contributed by atoms with Crippen molar-refractivity contribution in [3.8, 4) is 11.3 Å². The van der Waals surface area contributed by atoms with Gasteiger partial charge in [-0.25, -0.2) is 24.5 Å². The molecule has 0 spiro atoms. The maximum atomic E-state index is 6.01. The van der Waals surface area contributed by atoms with E-state index in [1.165, 1.54) is 0 Å². The van der Waals surface area contributed by atoms with E-state index >= 15 is 0 Å². The van der Waals surface area contributed by atoms with Crippen LogP contribution in [-0.2, 0) is 0 Å². The van der Waals surface area contributed by atoms with Crippen molar-refractivity contribution in [2.24, 2.45) is 5.73 Å². The van der Waals surface area contributed by atoms with Gasteiger partial charge in [0.1, 0.15) is 11.6 Å². The molecule has 5 rings (SSSR count). The van der Waals surface area contributed by atoms with Gasteiger partial charge < -0.3 is 16.4 Å². The van der Waals surface area contributed by atoms with Crippen LogP contribution in [0, 0.1) is 0 Å². The highest BCUT2D eigenvalue weighted by atomic mass is 35.5. The van der Waals surface area contributed by atoms with Crippen LogP contribution in [0.1, 0.15) is 25.7 Å². The molecule has 1 saturated carbocycles. The van der Waals surface area contributed by atoms with Crippen LogP contribution in [0.5, 0.6) is 0 Å². The Bertz CT molecular complexity index is 1170. The molecule has 4 N–H and O–H groups in total. The molecule has 31 heavy (non-hydrogen) atoms. The Kier molecular flexibility index (Phi) is 5.35. The highest BCUT2D eigenvalue weighted by Gasteiger charge is 2.19. The van der Waals surface area contributed by atoms with Crippen LogP contribution >= 0.6 is 11.6 Å². The number of fused-ring (bicyclic) bond motifs is 1. The molecule has 0 aromatic carbocycles. The molecular formula is C21H22ClN9. The van der Waals surface area contributed by atoms with Gasteiger partial charge in [-0.05, 0) is 49.9 Å². The summed E-state index contributed by atoms with van der Waals surface area (Å²) in [6, 6.07) is 8.15. The van der Waals surface area contributed by atoms with Crippen molar-refractivity contribution in [2.75, 3.05) is 10.6 Å². The third kappa shape index (κ3) is 4.42. The van der Waals surface area contributed by atoms with Gasteiger partial charge in [0.2, 0.25) is 5.95 Å². The fraction of sp³-hybridized carbons (Fsp3) is 0.286. The number of imidazole rings is 1. The lowest BCUT2D eigenvalue weighted by Gasteiger charge is -2.27. The molecule has 0 aliphatic heterocycles. The summed E-state index contributed by atoms with van der Waals surface area (Å²) < 4.78 is 1.81. The van der Waals surface area contributed by atoms with Crippen molar-refractivity contribution in [2.45, 2.75) is 37.8 Å². The summed E-state index contributed by atoms with van der Waals surface area (Å²) in [5.74, 6) is 1.88. The average Bonchev–Trinajstić information content (AvgIpc) is 3.21. The molecule has 158 valence electrons. The second kappa shape index (κ2) is 8.44. The molecule has 0 atom stereocenters. The van der Waals surface area contributed by atoms with E-state index in [1.54, 1.807) is 36.9 Å².